The van der Waals surface area contributed by atoms with Crippen molar-refractivity contribution in [2.45, 2.75) is 0 Å². The number of rotatable bonds is 4. The van der Waals surface area contributed by atoms with E-state index in [2.05, 4.69) is 10.3 Å². The van der Waals surface area contributed by atoms with E-state index in [1.54, 1.807) is 6.07 Å². The molecule has 4 aromatic rings. The third-order valence-corrected chi connectivity index (χ3v) is 4.28. The van der Waals surface area contributed by atoms with Gasteiger partial charge in [0.1, 0.15) is 17.8 Å². The number of furan rings is 1. The predicted molar refractivity (Wildman–Crippen MR) is 92.8 cm³/mol. The second-order valence-electron chi connectivity index (χ2n) is 5.03. The number of hydrogen-bond acceptors (Lipinski definition) is 5. The second kappa shape index (κ2) is 6.17. The van der Waals surface area contributed by atoms with Crippen molar-refractivity contribution in [3.8, 4) is 11.5 Å². The van der Waals surface area contributed by atoms with E-state index >= 15 is 0 Å². The molecule has 0 bridgehead atoms. The van der Waals surface area contributed by atoms with Crippen LogP contribution in [0.15, 0.2) is 71.5 Å². The first-order valence-electron chi connectivity index (χ1n) is 7.25. The number of thiazole rings is 1. The summed E-state index contributed by atoms with van der Waals surface area (Å²) in [6.45, 7) is 0. The van der Waals surface area contributed by atoms with Crippen molar-refractivity contribution < 1.29 is 13.9 Å². The highest BCUT2D eigenvalue weighted by Gasteiger charge is 2.11. The number of amides is 1. The predicted octanol–water partition coefficient (Wildman–Crippen LogP) is 4.93. The Hall–Kier alpha value is -3.12. The molecule has 2 aromatic carbocycles. The summed E-state index contributed by atoms with van der Waals surface area (Å²) < 4.78 is 11.7. The summed E-state index contributed by atoms with van der Waals surface area (Å²) in [7, 11) is 0. The van der Waals surface area contributed by atoms with Crippen LogP contribution in [0.3, 0.4) is 0 Å². The molecule has 6 heteroatoms. The molecular formula is C18H12N2O3S. The van der Waals surface area contributed by atoms with Gasteiger partial charge in [-0.25, -0.2) is 4.98 Å². The molecule has 0 spiro atoms. The first kappa shape index (κ1) is 14.5. The summed E-state index contributed by atoms with van der Waals surface area (Å²) in [5, 5.41) is 3.31. The molecule has 0 atom stereocenters. The quantitative estimate of drug-likeness (QED) is 0.573. The van der Waals surface area contributed by atoms with E-state index in [0.29, 0.717) is 10.7 Å². The Kier molecular flexibility index (Phi) is 3.72. The van der Waals surface area contributed by atoms with Crippen LogP contribution >= 0.6 is 11.3 Å². The first-order chi connectivity index (χ1) is 11.8. The van der Waals surface area contributed by atoms with E-state index in [1.165, 1.54) is 23.9 Å². The molecular weight excluding hydrogens is 324 g/mol. The van der Waals surface area contributed by atoms with Crippen LogP contribution in [0, 0.1) is 0 Å². The van der Waals surface area contributed by atoms with Crippen LogP contribution in [0.25, 0.3) is 10.2 Å². The van der Waals surface area contributed by atoms with Gasteiger partial charge in [-0.15, -0.1) is 0 Å². The smallest absolute Gasteiger partial charge is 0.260 e. The topological polar surface area (TPSA) is 64.4 Å². The molecule has 24 heavy (non-hydrogen) atoms. The van der Waals surface area contributed by atoms with Crippen molar-refractivity contribution >= 4 is 32.6 Å². The van der Waals surface area contributed by atoms with Gasteiger partial charge in [0.05, 0.1) is 22.0 Å². The normalized spacial score (nSPS) is 10.7. The highest BCUT2D eigenvalue weighted by Crippen LogP contribution is 2.31. The number of nitrogens with one attached hydrogen (secondary N) is 1. The molecule has 0 saturated heterocycles. The lowest BCUT2D eigenvalue weighted by Gasteiger charge is -2.04. The first-order valence-corrected chi connectivity index (χ1v) is 8.07. The molecule has 0 radical (unpaired) electrons. The number of nitrogens with zero attached hydrogens (tertiary/aromatic N) is 1. The van der Waals surface area contributed by atoms with Gasteiger partial charge < -0.3 is 9.15 Å². The summed E-state index contributed by atoms with van der Waals surface area (Å²) in [5.41, 5.74) is 1.27. The third-order valence-electron chi connectivity index (χ3n) is 3.34. The summed E-state index contributed by atoms with van der Waals surface area (Å²) in [6, 6.07) is 16.8. The molecule has 1 N–H and O–H groups in total. The molecule has 1 amide bonds. The third kappa shape index (κ3) is 3.00. The summed E-state index contributed by atoms with van der Waals surface area (Å²) >= 11 is 1.39. The Morgan fingerprint density at radius 1 is 1.08 bits per heavy atom. The lowest BCUT2D eigenvalue weighted by molar-refractivity contribution is 0.102. The average Bonchev–Trinajstić information content (AvgIpc) is 3.24. The minimum atomic E-state index is -0.247. The second-order valence-corrected chi connectivity index (χ2v) is 6.06. The molecule has 5 nitrogen and oxygen atoms in total. The Morgan fingerprint density at radius 2 is 1.96 bits per heavy atom. The van der Waals surface area contributed by atoms with Gasteiger partial charge in [-0.3, -0.25) is 10.1 Å². The maximum Gasteiger partial charge on any atom is 0.260 e. The fourth-order valence-electron chi connectivity index (χ4n) is 2.21. The Balaban J connectivity index is 1.56. The Labute approximate surface area is 141 Å². The molecule has 2 heterocycles. The van der Waals surface area contributed by atoms with Gasteiger partial charge in [0.15, 0.2) is 5.13 Å². The molecule has 0 unspecified atom stereocenters. The number of benzene rings is 2. The number of hydrogen-bond donors (Lipinski definition) is 1. The zero-order chi connectivity index (χ0) is 16.4. The maximum atomic E-state index is 12.0. The van der Waals surface area contributed by atoms with Crippen molar-refractivity contribution in [2.75, 3.05) is 5.32 Å². The van der Waals surface area contributed by atoms with Gasteiger partial charge in [0.2, 0.25) is 0 Å². The van der Waals surface area contributed by atoms with E-state index < -0.39 is 0 Å². The van der Waals surface area contributed by atoms with Crippen LogP contribution in [-0.4, -0.2) is 10.9 Å². The maximum absolute atomic E-state index is 12.0. The fourth-order valence-corrected chi connectivity index (χ4v) is 3.10. The van der Waals surface area contributed by atoms with E-state index in [9.17, 15) is 4.79 Å². The van der Waals surface area contributed by atoms with E-state index in [0.717, 1.165) is 21.7 Å². The van der Waals surface area contributed by atoms with Gasteiger partial charge in [-0.1, -0.05) is 29.5 Å². The number of carbonyl (C=O) groups is 1. The van der Waals surface area contributed by atoms with Crippen molar-refractivity contribution in [3.05, 3.63) is 72.7 Å². The zero-order valence-corrected chi connectivity index (χ0v) is 13.2. The van der Waals surface area contributed by atoms with E-state index in [-0.39, 0.29) is 5.91 Å². The lowest BCUT2D eigenvalue weighted by atomic mass is 10.3. The minimum Gasteiger partial charge on any atom is -0.472 e. The molecule has 0 aliphatic rings. The summed E-state index contributed by atoms with van der Waals surface area (Å²) in [5.74, 6) is 1.25. The van der Waals surface area contributed by atoms with E-state index in [1.807, 2.05) is 48.5 Å². The molecule has 0 aliphatic carbocycles. The van der Waals surface area contributed by atoms with Gasteiger partial charge in [-0.05, 0) is 30.3 Å². The van der Waals surface area contributed by atoms with Gasteiger partial charge in [-0.2, -0.15) is 0 Å². The lowest BCUT2D eigenvalue weighted by Crippen LogP contribution is -2.10. The molecule has 118 valence electrons. The van der Waals surface area contributed by atoms with Crippen LogP contribution in [-0.2, 0) is 0 Å². The molecule has 0 saturated carbocycles. The van der Waals surface area contributed by atoms with Gasteiger partial charge >= 0.3 is 0 Å². The number of fused-ring (bicyclic) bond motifs is 1. The van der Waals surface area contributed by atoms with Crippen LogP contribution < -0.4 is 10.1 Å². The van der Waals surface area contributed by atoms with Crippen molar-refractivity contribution in [1.29, 1.82) is 0 Å². The average molecular weight is 336 g/mol. The van der Waals surface area contributed by atoms with Gasteiger partial charge in [0, 0.05) is 6.07 Å². The summed E-state index contributed by atoms with van der Waals surface area (Å²) in [4.78, 5) is 16.4. The molecule has 2 aromatic heterocycles. The molecule has 0 fully saturated rings. The van der Waals surface area contributed by atoms with Crippen molar-refractivity contribution in [1.82, 2.24) is 4.98 Å². The van der Waals surface area contributed by atoms with E-state index in [4.69, 9.17) is 9.15 Å². The Morgan fingerprint density at radius 3 is 2.75 bits per heavy atom. The van der Waals surface area contributed by atoms with Crippen molar-refractivity contribution in [3.63, 3.8) is 0 Å². The van der Waals surface area contributed by atoms with Crippen LogP contribution in [0.2, 0.25) is 0 Å². The Bertz CT molecular complexity index is 978. The van der Waals surface area contributed by atoms with Gasteiger partial charge in [0.25, 0.3) is 5.91 Å². The van der Waals surface area contributed by atoms with Crippen LogP contribution in [0.4, 0.5) is 5.13 Å². The van der Waals surface area contributed by atoms with Crippen LogP contribution in [0.5, 0.6) is 11.5 Å². The zero-order valence-electron chi connectivity index (χ0n) is 12.4. The number of para-hydroxylation sites is 1. The molecule has 0 aliphatic heterocycles. The number of ether oxygens (including phenoxy) is 1. The highest BCUT2D eigenvalue weighted by atomic mass is 32.1. The highest BCUT2D eigenvalue weighted by molar-refractivity contribution is 7.22. The molecule has 4 rings (SSSR count). The number of anilines is 1. The van der Waals surface area contributed by atoms with Crippen molar-refractivity contribution in [2.24, 2.45) is 0 Å². The number of carbonyl (C=O) groups excluding carboxylic acids is 1. The standard InChI is InChI=1S/C18H12N2O3S/c21-17(12-8-9-22-11-12)20-18-19-15-7-6-14(10-16(15)24-18)23-13-4-2-1-3-5-13/h1-11H,(H,19,20,21). The SMILES string of the molecule is O=C(Nc1nc2ccc(Oc3ccccc3)cc2s1)c1ccoc1. The largest absolute Gasteiger partial charge is 0.472 e. The van der Waals surface area contributed by atoms with Crippen LogP contribution in [0.1, 0.15) is 10.4 Å². The summed E-state index contributed by atoms with van der Waals surface area (Å²) in [6.07, 6.45) is 2.86. The minimum absolute atomic E-state index is 0.247. The fraction of sp³-hybridized carbons (Fsp3) is 0. The number of aromatic nitrogens is 1. The monoisotopic (exact) mass is 336 g/mol.